The van der Waals surface area contributed by atoms with Crippen molar-refractivity contribution in [3.8, 4) is 0 Å². The number of allylic oxidation sites excluding steroid dienone is 1. The fraction of sp³-hybridized carbons (Fsp3) is 0.939. The molecule has 9 nitrogen and oxygen atoms in total. The Morgan fingerprint density at radius 3 is 2.56 bits per heavy atom. The van der Waals surface area contributed by atoms with Crippen LogP contribution in [0.4, 0.5) is 0 Å². The maximum absolute atomic E-state index is 11.4. The number of nitroso groups, excluding NO2 is 3. The molecule has 43 heavy (non-hydrogen) atoms. The van der Waals surface area contributed by atoms with Crippen LogP contribution in [-0.4, -0.2) is 51.8 Å². The molecule has 242 valence electrons. The van der Waals surface area contributed by atoms with Crippen LogP contribution in [0.1, 0.15) is 105 Å². The van der Waals surface area contributed by atoms with Gasteiger partial charge in [0.05, 0.1) is 17.7 Å². The first-order chi connectivity index (χ1) is 20.4. The fourth-order valence-corrected chi connectivity index (χ4v) is 11.8. The Bertz CT molecular complexity index is 1070. The van der Waals surface area contributed by atoms with Crippen LogP contribution >= 0.6 is 22.6 Å². The summed E-state index contributed by atoms with van der Waals surface area (Å²) in [7, 11) is 0. The molecule has 1 heterocycles. The number of hydrogen-bond donors (Lipinski definition) is 1. The quantitative estimate of drug-likeness (QED) is 0.0998. The molecule has 13 atom stereocenters. The second-order valence-corrected chi connectivity index (χ2v) is 17.2. The predicted molar refractivity (Wildman–Crippen MR) is 176 cm³/mol. The van der Waals surface area contributed by atoms with E-state index >= 15 is 0 Å². The average molecular weight is 714 g/mol. The van der Waals surface area contributed by atoms with Gasteiger partial charge in [-0.1, -0.05) is 70.5 Å². The van der Waals surface area contributed by atoms with E-state index in [1.165, 1.54) is 31.3 Å². The molecule has 0 aromatic rings. The number of rotatable bonds is 11. The number of alkyl halides is 1. The van der Waals surface area contributed by atoms with Gasteiger partial charge >= 0.3 is 0 Å². The molecular formula is C33H52IN3O6. The molecule has 0 spiro atoms. The Hall–Kier alpha value is -0.850. The number of halogens is 1. The first kappa shape index (κ1) is 33.5. The van der Waals surface area contributed by atoms with Crippen molar-refractivity contribution in [1.82, 2.24) is 0 Å². The minimum Gasteiger partial charge on any atom is -0.385 e. The van der Waals surface area contributed by atoms with E-state index in [9.17, 15) is 19.8 Å². The largest absolute Gasteiger partial charge is 0.385 e. The van der Waals surface area contributed by atoms with Crippen LogP contribution in [0.2, 0.25) is 0 Å². The summed E-state index contributed by atoms with van der Waals surface area (Å²) >= 11 is 2.72. The molecule has 0 radical (unpaired) electrons. The fourth-order valence-electron chi connectivity index (χ4n) is 10.2. The Kier molecular flexibility index (Phi) is 10.2. The lowest BCUT2D eigenvalue weighted by Crippen LogP contribution is -2.55. The van der Waals surface area contributed by atoms with Crippen molar-refractivity contribution < 1.29 is 14.6 Å². The van der Waals surface area contributed by atoms with E-state index in [-0.39, 0.29) is 30.4 Å². The Morgan fingerprint density at radius 1 is 1.12 bits per heavy atom. The second-order valence-electron chi connectivity index (χ2n) is 15.6. The average Bonchev–Trinajstić information content (AvgIpc) is 3.33. The number of aliphatic hydroxyl groups excluding tert-OH is 1. The van der Waals surface area contributed by atoms with E-state index in [0.717, 1.165) is 50.4 Å². The van der Waals surface area contributed by atoms with Crippen LogP contribution in [-0.2, 0) is 9.47 Å². The topological polar surface area (TPSA) is 127 Å². The molecule has 3 saturated carbocycles. The van der Waals surface area contributed by atoms with Crippen LogP contribution < -0.4 is 0 Å². The highest BCUT2D eigenvalue weighted by Gasteiger charge is 2.61. The highest BCUT2D eigenvalue weighted by molar-refractivity contribution is 14.1. The van der Waals surface area contributed by atoms with Crippen molar-refractivity contribution >= 4 is 22.6 Å². The lowest BCUT2D eigenvalue weighted by molar-refractivity contribution is -0.267. The summed E-state index contributed by atoms with van der Waals surface area (Å²) in [5.41, 5.74) is 1.67. The van der Waals surface area contributed by atoms with Crippen molar-refractivity contribution in [2.45, 2.75) is 145 Å². The van der Waals surface area contributed by atoms with Gasteiger partial charge in [0.2, 0.25) is 0 Å². The van der Waals surface area contributed by atoms with Gasteiger partial charge < -0.3 is 14.6 Å². The third-order valence-electron chi connectivity index (χ3n) is 12.8. The Balaban J connectivity index is 1.26. The van der Waals surface area contributed by atoms with E-state index < -0.39 is 30.1 Å². The van der Waals surface area contributed by atoms with Crippen molar-refractivity contribution in [2.75, 3.05) is 6.54 Å². The maximum atomic E-state index is 11.4. The maximum Gasteiger partial charge on any atom is 0.186 e. The zero-order valence-corrected chi connectivity index (χ0v) is 28.8. The SMILES string of the molecule is C[C@@H]1C2=CCC3C4CCC([C@H](I)CCCC(C)(C)N=O)[C@@]4(C)CC[C@@]3(C)C2CC[C@@H]1O[C@@H]1O[C@H](CN=O)C[C@H](N=O)[C@H]1O. The molecule has 0 aromatic carbocycles. The summed E-state index contributed by atoms with van der Waals surface area (Å²) in [5.74, 6) is 2.88. The van der Waals surface area contributed by atoms with Crippen LogP contribution in [0.15, 0.2) is 27.2 Å². The molecule has 5 aliphatic rings. The molecule has 0 bridgehead atoms. The molecule has 4 unspecified atom stereocenters. The summed E-state index contributed by atoms with van der Waals surface area (Å²) < 4.78 is 12.9. The van der Waals surface area contributed by atoms with E-state index in [1.54, 1.807) is 0 Å². The first-order valence-electron chi connectivity index (χ1n) is 16.7. The number of fused-ring (bicyclic) bond motifs is 5. The van der Waals surface area contributed by atoms with Crippen molar-refractivity contribution in [2.24, 2.45) is 56.0 Å². The Morgan fingerprint density at radius 2 is 1.86 bits per heavy atom. The van der Waals surface area contributed by atoms with Crippen LogP contribution in [0, 0.1) is 55.1 Å². The molecule has 4 fully saturated rings. The number of nitrogens with zero attached hydrogens (tertiary/aromatic N) is 3. The molecule has 0 amide bonds. The molecule has 0 aromatic heterocycles. The molecular weight excluding hydrogens is 661 g/mol. The molecule has 5 rings (SSSR count). The highest BCUT2D eigenvalue weighted by Crippen LogP contribution is 2.69. The van der Waals surface area contributed by atoms with Crippen LogP contribution in [0.25, 0.3) is 0 Å². The first-order valence-corrected chi connectivity index (χ1v) is 17.9. The van der Waals surface area contributed by atoms with Gasteiger partial charge in [0, 0.05) is 16.3 Å². The van der Waals surface area contributed by atoms with E-state index in [0.29, 0.717) is 21.2 Å². The summed E-state index contributed by atoms with van der Waals surface area (Å²) in [6.07, 6.45) is 11.2. The van der Waals surface area contributed by atoms with E-state index in [2.05, 4.69) is 65.0 Å². The van der Waals surface area contributed by atoms with Gasteiger partial charge in [0.15, 0.2) is 6.29 Å². The predicted octanol–water partition coefficient (Wildman–Crippen LogP) is 8.09. The van der Waals surface area contributed by atoms with Crippen molar-refractivity contribution in [3.05, 3.63) is 26.4 Å². The molecule has 1 saturated heterocycles. The smallest absolute Gasteiger partial charge is 0.186 e. The van der Waals surface area contributed by atoms with Gasteiger partial charge in [-0.2, -0.15) is 14.7 Å². The molecule has 1 N–H and O–H groups in total. The van der Waals surface area contributed by atoms with Gasteiger partial charge in [-0.15, -0.1) is 0 Å². The monoisotopic (exact) mass is 713 g/mol. The summed E-state index contributed by atoms with van der Waals surface area (Å²) in [6, 6.07) is -0.861. The minimum absolute atomic E-state index is 0.0825. The van der Waals surface area contributed by atoms with Crippen molar-refractivity contribution in [1.29, 1.82) is 0 Å². The second kappa shape index (κ2) is 13.1. The summed E-state index contributed by atoms with van der Waals surface area (Å²) in [4.78, 5) is 33.4. The summed E-state index contributed by atoms with van der Waals surface area (Å²) in [5, 5.41) is 20.1. The lowest BCUT2D eigenvalue weighted by Gasteiger charge is -2.61. The summed E-state index contributed by atoms with van der Waals surface area (Å²) in [6.45, 7) is 11.2. The standard InChI is InChI=1S/C33H52IN3O6/c1-19-21-8-9-23-24-10-11-25(26(34)7-6-14-31(2,3)37-41)33(24,5)16-15-32(23,4)22(21)12-13-28(19)43-30-29(38)27(36-40)17-20(42-30)18-35-39/h8,19-20,22-30,38H,6-7,9-18H2,1-5H3/t19-,20+,22?,23?,24?,25?,26-,27+,28+,29-,30+,32+,33+/m1/s1. The number of ether oxygens (including phenoxy) is 2. The minimum atomic E-state index is -1.14. The van der Waals surface area contributed by atoms with Gasteiger partial charge in [-0.3, -0.25) is 0 Å². The van der Waals surface area contributed by atoms with E-state index in [1.807, 2.05) is 13.8 Å². The van der Waals surface area contributed by atoms with Gasteiger partial charge in [-0.25, -0.2) is 0 Å². The number of aliphatic hydroxyl groups is 1. The highest BCUT2D eigenvalue weighted by atomic mass is 127. The van der Waals surface area contributed by atoms with Gasteiger partial charge in [0.25, 0.3) is 0 Å². The van der Waals surface area contributed by atoms with Crippen molar-refractivity contribution in [3.63, 3.8) is 0 Å². The zero-order chi connectivity index (χ0) is 31.2. The van der Waals surface area contributed by atoms with E-state index in [4.69, 9.17) is 9.47 Å². The molecule has 4 aliphatic carbocycles. The normalized spacial score (nSPS) is 45.2. The zero-order valence-electron chi connectivity index (χ0n) is 26.6. The van der Waals surface area contributed by atoms with Gasteiger partial charge in [-0.05, 0) is 113 Å². The Labute approximate surface area is 270 Å². The lowest BCUT2D eigenvalue weighted by atomic mass is 9.45. The number of hydrogen-bond acceptors (Lipinski definition) is 9. The molecule has 1 aliphatic heterocycles. The van der Waals surface area contributed by atoms with Gasteiger partial charge in [0.1, 0.15) is 18.7 Å². The third-order valence-corrected chi connectivity index (χ3v) is 14.3. The van der Waals surface area contributed by atoms with Crippen LogP contribution in [0.3, 0.4) is 0 Å². The van der Waals surface area contributed by atoms with Crippen LogP contribution in [0.5, 0.6) is 0 Å². The third kappa shape index (κ3) is 6.29. The molecule has 10 heteroatoms.